The van der Waals surface area contributed by atoms with E-state index < -0.39 is 18.7 Å². The van der Waals surface area contributed by atoms with Crippen molar-refractivity contribution in [2.75, 3.05) is 0 Å². The van der Waals surface area contributed by atoms with E-state index in [1.165, 1.54) is 18.2 Å². The molecule has 5 nitrogen and oxygen atoms in total. The lowest BCUT2D eigenvalue weighted by Crippen LogP contribution is -2.11. The number of aliphatic hydroxyl groups is 2. The number of hydrogen-bond acceptors (Lipinski definition) is 4. The first kappa shape index (κ1) is 10.5. The molecule has 76 valence electrons. The number of rotatable bonds is 3. The normalized spacial score (nSPS) is 12.4. The largest absolute Gasteiger partial charge is 0.507 e. The van der Waals surface area contributed by atoms with Crippen LogP contribution >= 0.6 is 0 Å². The van der Waals surface area contributed by atoms with Crippen LogP contribution in [0.15, 0.2) is 18.2 Å². The maximum absolute atomic E-state index is 10.4. The third-order valence-electron chi connectivity index (χ3n) is 1.85. The molecule has 0 aliphatic carbocycles. The number of carbonyl (C=O) groups is 1. The zero-order chi connectivity index (χ0) is 10.7. The Bertz CT molecular complexity index is 347. The van der Waals surface area contributed by atoms with Crippen LogP contribution in [0.5, 0.6) is 5.75 Å². The van der Waals surface area contributed by atoms with Crippen molar-refractivity contribution < 1.29 is 25.2 Å². The van der Waals surface area contributed by atoms with Crippen molar-refractivity contribution in [3.05, 3.63) is 29.3 Å². The minimum Gasteiger partial charge on any atom is -0.507 e. The number of hydrogen-bond donors (Lipinski definition) is 4. The molecule has 0 bridgehead atoms. The number of aliphatic carboxylic acids is 1. The summed E-state index contributed by atoms with van der Waals surface area (Å²) in [5, 5.41) is 35.9. The third kappa shape index (κ3) is 1.84. The molecule has 1 aromatic carbocycles. The van der Waals surface area contributed by atoms with E-state index in [0.29, 0.717) is 0 Å². The predicted octanol–water partition coefficient (Wildman–Crippen LogP) is 0.00250. The second kappa shape index (κ2) is 4.08. The Kier molecular flexibility index (Phi) is 3.06. The van der Waals surface area contributed by atoms with Gasteiger partial charge in [-0.1, -0.05) is 18.2 Å². The van der Waals surface area contributed by atoms with Crippen molar-refractivity contribution in [3.8, 4) is 5.75 Å². The number of benzene rings is 1. The van der Waals surface area contributed by atoms with Gasteiger partial charge in [0.05, 0.1) is 6.61 Å². The van der Waals surface area contributed by atoms with Gasteiger partial charge in [0.1, 0.15) is 5.75 Å². The third-order valence-corrected chi connectivity index (χ3v) is 1.85. The molecule has 0 heterocycles. The molecule has 0 spiro atoms. The highest BCUT2D eigenvalue weighted by Gasteiger charge is 2.20. The zero-order valence-corrected chi connectivity index (χ0v) is 7.21. The molecule has 0 radical (unpaired) electrons. The summed E-state index contributed by atoms with van der Waals surface area (Å²) in [7, 11) is 0. The molecule has 0 aromatic heterocycles. The van der Waals surface area contributed by atoms with Crippen molar-refractivity contribution in [2.45, 2.75) is 12.7 Å². The molecule has 5 heteroatoms. The highest BCUT2D eigenvalue weighted by atomic mass is 16.4. The number of carboxylic acids is 1. The molecule has 0 aliphatic heterocycles. The van der Waals surface area contributed by atoms with Crippen LogP contribution < -0.4 is 0 Å². The van der Waals surface area contributed by atoms with Gasteiger partial charge in [-0.25, -0.2) is 4.79 Å². The van der Waals surface area contributed by atoms with Crippen LogP contribution in [-0.2, 0) is 11.4 Å². The Hall–Kier alpha value is -1.59. The van der Waals surface area contributed by atoms with E-state index in [9.17, 15) is 9.90 Å². The summed E-state index contributed by atoms with van der Waals surface area (Å²) >= 11 is 0. The first-order valence-corrected chi connectivity index (χ1v) is 3.90. The first-order valence-electron chi connectivity index (χ1n) is 3.90. The van der Waals surface area contributed by atoms with Crippen molar-refractivity contribution >= 4 is 5.97 Å². The molecule has 14 heavy (non-hydrogen) atoms. The van der Waals surface area contributed by atoms with Crippen LogP contribution in [-0.4, -0.2) is 26.4 Å². The molecule has 0 fully saturated rings. The van der Waals surface area contributed by atoms with Gasteiger partial charge in [0.2, 0.25) is 0 Å². The highest BCUT2D eigenvalue weighted by molar-refractivity contribution is 5.75. The lowest BCUT2D eigenvalue weighted by molar-refractivity contribution is -0.147. The summed E-state index contributed by atoms with van der Waals surface area (Å²) in [5.41, 5.74) is 0.0619. The standard InChI is InChI=1S/C9H10O5/c10-4-5-2-1-3-6(7(5)11)8(12)9(13)14/h1-3,8,10-12H,4H2,(H,13,14). The molecule has 0 aliphatic rings. The van der Waals surface area contributed by atoms with Gasteiger partial charge in [-0.15, -0.1) is 0 Å². The number of aliphatic hydroxyl groups excluding tert-OH is 2. The molecule has 0 saturated heterocycles. The van der Waals surface area contributed by atoms with Crippen molar-refractivity contribution in [2.24, 2.45) is 0 Å². The average Bonchev–Trinajstić information content (AvgIpc) is 2.17. The van der Waals surface area contributed by atoms with E-state index in [2.05, 4.69) is 0 Å². The molecule has 4 N–H and O–H groups in total. The molecule has 1 unspecified atom stereocenters. The van der Waals surface area contributed by atoms with Gasteiger partial charge in [-0.2, -0.15) is 0 Å². The van der Waals surface area contributed by atoms with E-state index in [0.717, 1.165) is 0 Å². The summed E-state index contributed by atoms with van der Waals surface area (Å²) in [6.45, 7) is -0.411. The van der Waals surface area contributed by atoms with Gasteiger partial charge in [0.25, 0.3) is 0 Å². The summed E-state index contributed by atoms with van der Waals surface area (Å²) in [6.07, 6.45) is -1.78. The van der Waals surface area contributed by atoms with Gasteiger partial charge < -0.3 is 20.4 Å². The van der Waals surface area contributed by atoms with Crippen molar-refractivity contribution in [1.29, 1.82) is 0 Å². The minimum atomic E-state index is -1.78. The number of para-hydroxylation sites is 1. The zero-order valence-electron chi connectivity index (χ0n) is 7.21. The number of aromatic hydroxyl groups is 1. The lowest BCUT2D eigenvalue weighted by atomic mass is 10.0. The fourth-order valence-corrected chi connectivity index (χ4v) is 1.09. The molecule has 1 atom stereocenters. The first-order chi connectivity index (χ1) is 6.57. The van der Waals surface area contributed by atoms with E-state index in [-0.39, 0.29) is 16.9 Å². The molecular weight excluding hydrogens is 188 g/mol. The summed E-state index contributed by atoms with van der Waals surface area (Å²) in [6, 6.07) is 4.17. The van der Waals surface area contributed by atoms with E-state index in [4.69, 9.17) is 15.3 Å². The summed E-state index contributed by atoms with van der Waals surface area (Å²) in [5.74, 6) is -1.83. The lowest BCUT2D eigenvalue weighted by Gasteiger charge is -2.10. The molecule has 1 rings (SSSR count). The summed E-state index contributed by atoms with van der Waals surface area (Å²) in [4.78, 5) is 10.4. The summed E-state index contributed by atoms with van der Waals surface area (Å²) < 4.78 is 0. The second-order valence-corrected chi connectivity index (χ2v) is 2.75. The van der Waals surface area contributed by atoms with Gasteiger partial charge >= 0.3 is 5.97 Å². The van der Waals surface area contributed by atoms with E-state index >= 15 is 0 Å². The smallest absolute Gasteiger partial charge is 0.337 e. The fourth-order valence-electron chi connectivity index (χ4n) is 1.09. The van der Waals surface area contributed by atoms with E-state index in [1.54, 1.807) is 0 Å². The van der Waals surface area contributed by atoms with Gasteiger partial charge in [-0.3, -0.25) is 0 Å². The maximum atomic E-state index is 10.4. The topological polar surface area (TPSA) is 98.0 Å². The second-order valence-electron chi connectivity index (χ2n) is 2.75. The monoisotopic (exact) mass is 198 g/mol. The molecule has 0 amide bonds. The minimum absolute atomic E-state index is 0.121. The van der Waals surface area contributed by atoms with Gasteiger partial charge in [0, 0.05) is 11.1 Å². The quantitative estimate of drug-likeness (QED) is 0.548. The Morgan fingerprint density at radius 3 is 2.57 bits per heavy atom. The number of phenols is 1. The maximum Gasteiger partial charge on any atom is 0.337 e. The van der Waals surface area contributed by atoms with Crippen LogP contribution in [0.4, 0.5) is 0 Å². The van der Waals surface area contributed by atoms with Crippen LogP contribution in [0.25, 0.3) is 0 Å². The molecule has 0 saturated carbocycles. The van der Waals surface area contributed by atoms with Crippen LogP contribution in [0, 0.1) is 0 Å². The van der Waals surface area contributed by atoms with Gasteiger partial charge in [0.15, 0.2) is 6.10 Å². The Balaban J connectivity index is 3.15. The average molecular weight is 198 g/mol. The molecular formula is C9H10O5. The van der Waals surface area contributed by atoms with E-state index in [1.807, 2.05) is 0 Å². The fraction of sp³-hybridized carbons (Fsp3) is 0.222. The molecule has 1 aromatic rings. The Morgan fingerprint density at radius 1 is 1.43 bits per heavy atom. The van der Waals surface area contributed by atoms with Crippen molar-refractivity contribution in [3.63, 3.8) is 0 Å². The van der Waals surface area contributed by atoms with Gasteiger partial charge in [-0.05, 0) is 0 Å². The predicted molar refractivity (Wildman–Crippen MR) is 46.6 cm³/mol. The van der Waals surface area contributed by atoms with Crippen molar-refractivity contribution in [1.82, 2.24) is 0 Å². The van der Waals surface area contributed by atoms with Crippen LogP contribution in [0.3, 0.4) is 0 Å². The number of carboxylic acid groups (broad SMARTS) is 1. The van der Waals surface area contributed by atoms with Crippen LogP contribution in [0.2, 0.25) is 0 Å². The SMILES string of the molecule is O=C(O)C(O)c1cccc(CO)c1O. The Labute approximate surface area is 79.9 Å². The Morgan fingerprint density at radius 2 is 2.07 bits per heavy atom. The highest BCUT2D eigenvalue weighted by Crippen LogP contribution is 2.27. The van der Waals surface area contributed by atoms with Crippen LogP contribution in [0.1, 0.15) is 17.2 Å².